The molecule has 0 bridgehead atoms. The molecule has 1 aromatic rings. The molecule has 1 aliphatic rings. The zero-order valence-electron chi connectivity index (χ0n) is 14.8. The summed E-state index contributed by atoms with van der Waals surface area (Å²) < 4.78 is 10.4. The SMILES string of the molecule is COc1ccc(C(=O)N[C@H](C(=O)N2CCCC2)C(C)C)cc1OC. The lowest BCUT2D eigenvalue weighted by Gasteiger charge is -2.26. The van der Waals surface area contributed by atoms with Crippen LogP contribution in [0.4, 0.5) is 0 Å². The van der Waals surface area contributed by atoms with Crippen LogP contribution in [-0.2, 0) is 4.79 Å². The van der Waals surface area contributed by atoms with Crippen LogP contribution in [0.1, 0.15) is 37.0 Å². The summed E-state index contributed by atoms with van der Waals surface area (Å²) in [6.45, 7) is 5.42. The summed E-state index contributed by atoms with van der Waals surface area (Å²) in [5.41, 5.74) is 0.438. The van der Waals surface area contributed by atoms with E-state index in [4.69, 9.17) is 9.47 Å². The predicted molar refractivity (Wildman–Crippen MR) is 91.5 cm³/mol. The minimum Gasteiger partial charge on any atom is -0.493 e. The van der Waals surface area contributed by atoms with Crippen LogP contribution >= 0.6 is 0 Å². The van der Waals surface area contributed by atoms with Gasteiger partial charge in [0.1, 0.15) is 6.04 Å². The Morgan fingerprint density at radius 2 is 1.71 bits per heavy atom. The van der Waals surface area contributed by atoms with Crippen molar-refractivity contribution in [1.82, 2.24) is 10.2 Å². The van der Waals surface area contributed by atoms with Crippen LogP contribution in [0, 0.1) is 5.92 Å². The van der Waals surface area contributed by atoms with Crippen molar-refractivity contribution in [1.29, 1.82) is 0 Å². The first kappa shape index (κ1) is 18.1. The molecular formula is C18H26N2O4. The molecule has 6 nitrogen and oxygen atoms in total. The van der Waals surface area contributed by atoms with Crippen molar-refractivity contribution in [2.75, 3.05) is 27.3 Å². The number of likely N-dealkylation sites (tertiary alicyclic amines) is 1. The van der Waals surface area contributed by atoms with Crippen LogP contribution in [-0.4, -0.2) is 50.1 Å². The van der Waals surface area contributed by atoms with E-state index in [-0.39, 0.29) is 17.7 Å². The van der Waals surface area contributed by atoms with Crippen molar-refractivity contribution < 1.29 is 19.1 Å². The van der Waals surface area contributed by atoms with Crippen LogP contribution < -0.4 is 14.8 Å². The Morgan fingerprint density at radius 3 is 2.25 bits per heavy atom. The maximum atomic E-state index is 12.6. The van der Waals surface area contributed by atoms with Crippen molar-refractivity contribution >= 4 is 11.8 Å². The lowest BCUT2D eigenvalue weighted by atomic mass is 10.0. The lowest BCUT2D eigenvalue weighted by molar-refractivity contribution is -0.133. The highest BCUT2D eigenvalue weighted by Gasteiger charge is 2.30. The summed E-state index contributed by atoms with van der Waals surface area (Å²) in [6, 6.07) is 4.43. The van der Waals surface area contributed by atoms with Crippen LogP contribution in [0.15, 0.2) is 18.2 Å². The summed E-state index contributed by atoms with van der Waals surface area (Å²) >= 11 is 0. The van der Waals surface area contributed by atoms with Gasteiger partial charge in [-0.3, -0.25) is 9.59 Å². The van der Waals surface area contributed by atoms with Crippen LogP contribution in [0.2, 0.25) is 0 Å². The fourth-order valence-electron chi connectivity index (χ4n) is 2.85. The number of nitrogens with one attached hydrogen (secondary N) is 1. The standard InChI is InChI=1S/C18H26N2O4/c1-12(2)16(18(22)20-9-5-6-10-20)19-17(21)13-7-8-14(23-3)15(11-13)24-4/h7-8,11-12,16H,5-6,9-10H2,1-4H3,(H,19,21)/t16-/m0/s1. The minimum atomic E-state index is -0.524. The third-order valence-corrected chi connectivity index (χ3v) is 4.28. The highest BCUT2D eigenvalue weighted by molar-refractivity contribution is 5.98. The molecule has 1 fully saturated rings. The van der Waals surface area contributed by atoms with Crippen molar-refractivity contribution in [3.8, 4) is 11.5 Å². The minimum absolute atomic E-state index is 0.00340. The predicted octanol–water partition coefficient (Wildman–Crippen LogP) is 2.08. The first-order valence-electron chi connectivity index (χ1n) is 8.29. The third kappa shape index (κ3) is 3.99. The summed E-state index contributed by atoms with van der Waals surface area (Å²) in [5.74, 6) is 0.764. The van der Waals surface area contributed by atoms with E-state index in [1.165, 1.54) is 7.11 Å². The molecule has 2 amide bonds. The van der Waals surface area contributed by atoms with Crippen molar-refractivity contribution in [3.63, 3.8) is 0 Å². The molecule has 0 aromatic heterocycles. The molecule has 132 valence electrons. The Morgan fingerprint density at radius 1 is 1.08 bits per heavy atom. The number of methoxy groups -OCH3 is 2. The Balaban J connectivity index is 2.14. The molecule has 0 aliphatic carbocycles. The van der Waals surface area contributed by atoms with Gasteiger partial charge in [-0.05, 0) is 37.0 Å². The van der Waals surface area contributed by atoms with Crippen LogP contribution in [0.3, 0.4) is 0 Å². The monoisotopic (exact) mass is 334 g/mol. The maximum Gasteiger partial charge on any atom is 0.252 e. The highest BCUT2D eigenvalue weighted by Crippen LogP contribution is 2.27. The molecular weight excluding hydrogens is 308 g/mol. The van der Waals surface area contributed by atoms with Gasteiger partial charge in [0.25, 0.3) is 5.91 Å². The van der Waals surface area contributed by atoms with E-state index < -0.39 is 6.04 Å². The van der Waals surface area contributed by atoms with Gasteiger partial charge in [-0.2, -0.15) is 0 Å². The van der Waals surface area contributed by atoms with Gasteiger partial charge in [-0.15, -0.1) is 0 Å². The van der Waals surface area contributed by atoms with E-state index in [1.54, 1.807) is 25.3 Å². The van der Waals surface area contributed by atoms with E-state index in [1.807, 2.05) is 18.7 Å². The molecule has 0 saturated carbocycles. The second-order valence-corrected chi connectivity index (χ2v) is 6.30. The van der Waals surface area contributed by atoms with E-state index in [9.17, 15) is 9.59 Å². The van der Waals surface area contributed by atoms with E-state index in [2.05, 4.69) is 5.32 Å². The van der Waals surface area contributed by atoms with Gasteiger partial charge >= 0.3 is 0 Å². The smallest absolute Gasteiger partial charge is 0.252 e. The van der Waals surface area contributed by atoms with Crippen molar-refractivity contribution in [2.24, 2.45) is 5.92 Å². The second-order valence-electron chi connectivity index (χ2n) is 6.30. The number of hydrogen-bond donors (Lipinski definition) is 1. The maximum absolute atomic E-state index is 12.6. The van der Waals surface area contributed by atoms with Crippen molar-refractivity contribution in [2.45, 2.75) is 32.7 Å². The molecule has 1 saturated heterocycles. The number of hydrogen-bond acceptors (Lipinski definition) is 4. The number of ether oxygens (including phenoxy) is 2. The molecule has 0 spiro atoms. The number of carbonyl (C=O) groups is 2. The molecule has 24 heavy (non-hydrogen) atoms. The Labute approximate surface area is 143 Å². The van der Waals surface area contributed by atoms with Crippen LogP contribution in [0.5, 0.6) is 11.5 Å². The first-order chi connectivity index (χ1) is 11.5. The van der Waals surface area contributed by atoms with Gasteiger partial charge in [0.15, 0.2) is 11.5 Å². The first-order valence-corrected chi connectivity index (χ1v) is 8.29. The number of nitrogens with zero attached hydrogens (tertiary/aromatic N) is 1. The zero-order valence-corrected chi connectivity index (χ0v) is 14.8. The largest absolute Gasteiger partial charge is 0.493 e. The molecule has 1 N–H and O–H groups in total. The van der Waals surface area contributed by atoms with Gasteiger partial charge in [-0.1, -0.05) is 13.8 Å². The van der Waals surface area contributed by atoms with Gasteiger partial charge in [0, 0.05) is 18.7 Å². The third-order valence-electron chi connectivity index (χ3n) is 4.28. The molecule has 0 radical (unpaired) electrons. The average Bonchev–Trinajstić information content (AvgIpc) is 3.12. The fourth-order valence-corrected chi connectivity index (χ4v) is 2.85. The molecule has 0 unspecified atom stereocenters. The number of carbonyl (C=O) groups excluding carboxylic acids is 2. The Hall–Kier alpha value is -2.24. The van der Waals surface area contributed by atoms with Crippen LogP contribution in [0.25, 0.3) is 0 Å². The van der Waals surface area contributed by atoms with E-state index in [0.717, 1.165) is 25.9 Å². The molecule has 1 atom stereocenters. The normalized spacial score (nSPS) is 15.3. The molecule has 6 heteroatoms. The Kier molecular flexibility index (Phi) is 6.06. The quantitative estimate of drug-likeness (QED) is 0.865. The lowest BCUT2D eigenvalue weighted by Crippen LogP contribution is -2.50. The number of amides is 2. The van der Waals surface area contributed by atoms with Gasteiger partial charge in [0.2, 0.25) is 5.91 Å². The molecule has 1 aliphatic heterocycles. The average molecular weight is 334 g/mol. The molecule has 2 rings (SSSR count). The topological polar surface area (TPSA) is 67.9 Å². The summed E-state index contributed by atoms with van der Waals surface area (Å²) in [4.78, 5) is 27.0. The number of rotatable bonds is 6. The highest BCUT2D eigenvalue weighted by atomic mass is 16.5. The molecule has 1 heterocycles. The second kappa shape index (κ2) is 8.04. The Bertz CT molecular complexity index is 595. The molecule has 1 aromatic carbocycles. The summed E-state index contributed by atoms with van der Waals surface area (Å²) in [6.07, 6.45) is 2.06. The van der Waals surface area contributed by atoms with E-state index >= 15 is 0 Å². The summed E-state index contributed by atoms with van der Waals surface area (Å²) in [7, 11) is 3.06. The fraction of sp³-hybridized carbons (Fsp3) is 0.556. The van der Waals surface area contributed by atoms with Gasteiger partial charge in [-0.25, -0.2) is 0 Å². The number of benzene rings is 1. The summed E-state index contributed by atoms with van der Waals surface area (Å²) in [5, 5.41) is 2.87. The van der Waals surface area contributed by atoms with Gasteiger partial charge < -0.3 is 19.7 Å². The van der Waals surface area contributed by atoms with E-state index in [0.29, 0.717) is 17.1 Å². The zero-order chi connectivity index (χ0) is 17.7. The van der Waals surface area contributed by atoms with Gasteiger partial charge in [0.05, 0.1) is 14.2 Å². The van der Waals surface area contributed by atoms with Crippen molar-refractivity contribution in [3.05, 3.63) is 23.8 Å².